The number of carbonyl (C=O) groups is 1. The number of fused-ring (bicyclic) bond motifs is 1. The summed E-state index contributed by atoms with van der Waals surface area (Å²) in [6.07, 6.45) is -0.209. The number of amides is 1. The first-order valence-electron chi connectivity index (χ1n) is 8.91. The fourth-order valence-corrected chi connectivity index (χ4v) is 2.83. The van der Waals surface area contributed by atoms with Crippen molar-refractivity contribution in [1.29, 1.82) is 0 Å². The number of hydrogen-bond donors (Lipinski definition) is 1. The van der Waals surface area contributed by atoms with Crippen molar-refractivity contribution in [2.45, 2.75) is 32.8 Å². The summed E-state index contributed by atoms with van der Waals surface area (Å²) in [4.78, 5) is 12.1. The van der Waals surface area contributed by atoms with Crippen LogP contribution in [0.5, 0.6) is 17.2 Å². The normalized spacial score (nSPS) is 15.6. The monoisotopic (exact) mass is 355 g/mol. The van der Waals surface area contributed by atoms with E-state index in [1.54, 1.807) is 0 Å². The number of rotatable bonds is 6. The maximum Gasteiger partial charge on any atom is 0.258 e. The van der Waals surface area contributed by atoms with Crippen LogP contribution in [0.3, 0.4) is 0 Å². The van der Waals surface area contributed by atoms with Gasteiger partial charge in [0.1, 0.15) is 18.5 Å². The molecule has 0 aliphatic carbocycles. The third kappa shape index (κ3) is 4.48. The van der Waals surface area contributed by atoms with Crippen molar-refractivity contribution in [2.75, 3.05) is 19.8 Å². The molecule has 0 radical (unpaired) electrons. The second-order valence-corrected chi connectivity index (χ2v) is 6.79. The molecule has 0 fully saturated rings. The van der Waals surface area contributed by atoms with Gasteiger partial charge in [-0.1, -0.05) is 38.1 Å². The van der Waals surface area contributed by atoms with Gasteiger partial charge in [-0.3, -0.25) is 4.79 Å². The van der Waals surface area contributed by atoms with Gasteiger partial charge in [-0.25, -0.2) is 0 Å². The Morgan fingerprint density at radius 1 is 1.23 bits per heavy atom. The van der Waals surface area contributed by atoms with Crippen LogP contribution in [0.4, 0.5) is 0 Å². The second-order valence-electron chi connectivity index (χ2n) is 6.79. The first-order chi connectivity index (χ1) is 12.5. The van der Waals surface area contributed by atoms with Crippen LogP contribution in [0, 0.1) is 6.92 Å². The lowest BCUT2D eigenvalue weighted by atomic mass is 10.0. The van der Waals surface area contributed by atoms with Crippen molar-refractivity contribution in [3.63, 3.8) is 0 Å². The summed E-state index contributed by atoms with van der Waals surface area (Å²) < 4.78 is 17.2. The standard InChI is InChI=1S/C21H25NO4/c1-14(2)17-9-8-15(3)10-20(17)25-13-21(23)22-11-16-12-24-18-6-4-5-7-19(18)26-16/h4-10,14,16H,11-13H2,1-3H3,(H,22,23). The fraction of sp³-hybridized carbons (Fsp3) is 0.381. The van der Waals surface area contributed by atoms with E-state index in [9.17, 15) is 4.79 Å². The molecule has 0 saturated heterocycles. The molecule has 1 heterocycles. The van der Waals surface area contributed by atoms with Gasteiger partial charge in [-0.2, -0.15) is 0 Å². The third-order valence-electron chi connectivity index (χ3n) is 4.24. The van der Waals surface area contributed by atoms with Crippen molar-refractivity contribution in [1.82, 2.24) is 5.32 Å². The molecule has 3 rings (SSSR count). The Morgan fingerprint density at radius 2 is 2.00 bits per heavy atom. The van der Waals surface area contributed by atoms with Crippen LogP contribution in [-0.4, -0.2) is 31.8 Å². The van der Waals surface area contributed by atoms with Crippen LogP contribution in [-0.2, 0) is 4.79 Å². The first-order valence-corrected chi connectivity index (χ1v) is 8.91. The molecule has 138 valence electrons. The summed E-state index contributed by atoms with van der Waals surface area (Å²) in [7, 11) is 0. The van der Waals surface area contributed by atoms with Crippen molar-refractivity contribution in [3.05, 3.63) is 53.6 Å². The van der Waals surface area contributed by atoms with E-state index in [-0.39, 0.29) is 18.6 Å². The van der Waals surface area contributed by atoms with Crippen LogP contribution in [0.2, 0.25) is 0 Å². The van der Waals surface area contributed by atoms with E-state index in [0.717, 1.165) is 22.6 Å². The van der Waals surface area contributed by atoms with Crippen LogP contribution >= 0.6 is 0 Å². The van der Waals surface area contributed by atoms with Gasteiger partial charge in [0, 0.05) is 0 Å². The van der Waals surface area contributed by atoms with Gasteiger partial charge in [0.15, 0.2) is 18.1 Å². The van der Waals surface area contributed by atoms with Crippen LogP contribution in [0.1, 0.15) is 30.9 Å². The molecule has 0 spiro atoms. The topological polar surface area (TPSA) is 56.8 Å². The van der Waals surface area contributed by atoms with E-state index in [1.807, 2.05) is 37.3 Å². The van der Waals surface area contributed by atoms with Gasteiger partial charge in [0.05, 0.1) is 6.54 Å². The molecule has 5 heteroatoms. The van der Waals surface area contributed by atoms with Gasteiger partial charge in [0.2, 0.25) is 0 Å². The lowest BCUT2D eigenvalue weighted by molar-refractivity contribution is -0.123. The van der Waals surface area contributed by atoms with Crippen LogP contribution in [0.15, 0.2) is 42.5 Å². The van der Waals surface area contributed by atoms with Gasteiger partial charge in [-0.15, -0.1) is 0 Å². The predicted molar refractivity (Wildman–Crippen MR) is 100 cm³/mol. The average Bonchev–Trinajstić information content (AvgIpc) is 2.64. The van der Waals surface area contributed by atoms with E-state index < -0.39 is 0 Å². The Hall–Kier alpha value is -2.69. The number of ether oxygens (including phenoxy) is 3. The Labute approximate surface area is 154 Å². The van der Waals surface area contributed by atoms with Crippen molar-refractivity contribution >= 4 is 5.91 Å². The van der Waals surface area contributed by atoms with Gasteiger partial charge >= 0.3 is 0 Å². The molecule has 1 amide bonds. The zero-order valence-electron chi connectivity index (χ0n) is 15.5. The van der Waals surface area contributed by atoms with E-state index >= 15 is 0 Å². The summed E-state index contributed by atoms with van der Waals surface area (Å²) in [5, 5.41) is 2.85. The molecular weight excluding hydrogens is 330 g/mol. The lowest BCUT2D eigenvalue weighted by Gasteiger charge is -2.26. The van der Waals surface area contributed by atoms with Gasteiger partial charge in [0.25, 0.3) is 5.91 Å². The molecule has 2 aromatic carbocycles. The average molecular weight is 355 g/mol. The summed E-state index contributed by atoms with van der Waals surface area (Å²) in [5.41, 5.74) is 2.21. The number of para-hydroxylation sites is 2. The minimum Gasteiger partial charge on any atom is -0.486 e. The van der Waals surface area contributed by atoms with Crippen LogP contribution in [0.25, 0.3) is 0 Å². The maximum absolute atomic E-state index is 12.1. The largest absolute Gasteiger partial charge is 0.486 e. The zero-order valence-corrected chi connectivity index (χ0v) is 15.5. The molecule has 0 saturated carbocycles. The molecule has 0 aromatic heterocycles. The number of aryl methyl sites for hydroxylation is 1. The van der Waals surface area contributed by atoms with E-state index in [0.29, 0.717) is 24.8 Å². The molecule has 2 aromatic rings. The second kappa shape index (κ2) is 8.13. The summed E-state index contributed by atoms with van der Waals surface area (Å²) in [6.45, 7) is 6.99. The highest BCUT2D eigenvalue weighted by Gasteiger charge is 2.21. The third-order valence-corrected chi connectivity index (χ3v) is 4.24. The minimum atomic E-state index is -0.209. The minimum absolute atomic E-state index is 0.0205. The van der Waals surface area contributed by atoms with Crippen LogP contribution < -0.4 is 19.5 Å². The molecule has 1 N–H and O–H groups in total. The fourth-order valence-electron chi connectivity index (χ4n) is 2.83. The Bertz CT molecular complexity index is 772. The number of benzene rings is 2. The molecule has 5 nitrogen and oxygen atoms in total. The number of hydrogen-bond acceptors (Lipinski definition) is 4. The Morgan fingerprint density at radius 3 is 2.77 bits per heavy atom. The molecule has 26 heavy (non-hydrogen) atoms. The highest BCUT2D eigenvalue weighted by Crippen LogP contribution is 2.30. The maximum atomic E-state index is 12.1. The first kappa shape index (κ1) is 18.1. The molecule has 1 aliphatic rings. The van der Waals surface area contributed by atoms with Gasteiger partial charge < -0.3 is 19.5 Å². The molecular formula is C21H25NO4. The number of carbonyl (C=O) groups excluding carboxylic acids is 1. The zero-order chi connectivity index (χ0) is 18.5. The molecule has 0 bridgehead atoms. The SMILES string of the molecule is Cc1ccc(C(C)C)c(OCC(=O)NCC2COc3ccccc3O2)c1. The number of nitrogens with one attached hydrogen (secondary N) is 1. The van der Waals surface area contributed by atoms with Crippen molar-refractivity contribution in [3.8, 4) is 17.2 Å². The van der Waals surface area contributed by atoms with Gasteiger partial charge in [-0.05, 0) is 42.2 Å². The lowest BCUT2D eigenvalue weighted by Crippen LogP contribution is -2.42. The summed E-state index contributed by atoms with van der Waals surface area (Å²) >= 11 is 0. The predicted octanol–water partition coefficient (Wildman–Crippen LogP) is 3.45. The molecule has 1 atom stereocenters. The highest BCUT2D eigenvalue weighted by atomic mass is 16.6. The van der Waals surface area contributed by atoms with Crippen molar-refractivity contribution < 1.29 is 19.0 Å². The van der Waals surface area contributed by atoms with E-state index in [4.69, 9.17) is 14.2 Å². The molecule has 1 unspecified atom stereocenters. The van der Waals surface area contributed by atoms with E-state index in [2.05, 4.69) is 31.3 Å². The van der Waals surface area contributed by atoms with Crippen molar-refractivity contribution in [2.24, 2.45) is 0 Å². The molecule has 1 aliphatic heterocycles. The Balaban J connectivity index is 1.49. The smallest absolute Gasteiger partial charge is 0.258 e. The highest BCUT2D eigenvalue weighted by molar-refractivity contribution is 5.77. The summed E-state index contributed by atoms with van der Waals surface area (Å²) in [6, 6.07) is 13.6. The van der Waals surface area contributed by atoms with E-state index in [1.165, 1.54) is 0 Å². The quantitative estimate of drug-likeness (QED) is 0.862. The summed E-state index contributed by atoms with van der Waals surface area (Å²) in [5.74, 6) is 2.36. The Kier molecular flexibility index (Phi) is 5.66.